The Balaban J connectivity index is 1.36. The van der Waals surface area contributed by atoms with E-state index in [2.05, 4.69) is 63.7 Å². The van der Waals surface area contributed by atoms with Crippen LogP contribution >= 0.6 is 0 Å². The summed E-state index contributed by atoms with van der Waals surface area (Å²) in [7, 11) is 0. The molecule has 0 fully saturated rings. The summed E-state index contributed by atoms with van der Waals surface area (Å²) in [5.74, 6) is 0. The molecule has 0 atom stereocenters. The fraction of sp³-hybridized carbons (Fsp3) is 0.0196. The lowest BCUT2D eigenvalue weighted by atomic mass is 9.95. The number of rotatable bonds is 5. The lowest BCUT2D eigenvalue weighted by Crippen LogP contribution is -2.07. The Morgan fingerprint density at radius 3 is 1.33 bits per heavy atom. The molecule has 0 saturated heterocycles. The summed E-state index contributed by atoms with van der Waals surface area (Å²) in [6.45, 7) is 0. The van der Waals surface area contributed by atoms with Crippen molar-refractivity contribution < 1.29 is 13.2 Å². The van der Waals surface area contributed by atoms with Gasteiger partial charge in [0.25, 0.3) is 0 Å². The molecule has 58 heavy (non-hydrogen) atoms. The van der Waals surface area contributed by atoms with Gasteiger partial charge in [-0.25, -0.2) is 0 Å². The number of aromatic nitrogens is 2. The molecule has 2 aromatic heterocycles. The standard InChI is InChI=1S/C51H29F3N4/c52-51(53,54)38-21-24-39(37(25-38)30-55)36-28-49(57-45-17-9-7-15-40(45)42-22-19-34(26-47(42)57)32-11-3-1-4-12-32)44(31-56)50(29-36)58-46-18-10-8-16-41(46)43-23-20-35(27-48(43)58)33-13-5-2-6-14-33/h1-29H. The van der Waals surface area contributed by atoms with Crippen molar-refractivity contribution in [3.05, 3.63) is 193 Å². The van der Waals surface area contributed by atoms with Gasteiger partial charge in [0.2, 0.25) is 0 Å². The van der Waals surface area contributed by atoms with E-state index < -0.39 is 11.7 Å². The van der Waals surface area contributed by atoms with Crippen LogP contribution in [0.1, 0.15) is 16.7 Å². The Bertz CT molecular complexity index is 3160. The quantitative estimate of drug-likeness (QED) is 0.176. The molecule has 0 unspecified atom stereocenters. The summed E-state index contributed by atoms with van der Waals surface area (Å²) >= 11 is 0. The molecular weight excluding hydrogens is 726 g/mol. The molecule has 4 nitrogen and oxygen atoms in total. The van der Waals surface area contributed by atoms with Crippen molar-refractivity contribution in [2.75, 3.05) is 0 Å². The highest BCUT2D eigenvalue weighted by atomic mass is 19.4. The fourth-order valence-electron chi connectivity index (χ4n) is 8.38. The summed E-state index contributed by atoms with van der Waals surface area (Å²) in [6, 6.07) is 60.2. The van der Waals surface area contributed by atoms with Crippen molar-refractivity contribution in [2.45, 2.75) is 6.18 Å². The minimum atomic E-state index is -4.63. The van der Waals surface area contributed by atoms with Gasteiger partial charge in [0.1, 0.15) is 11.6 Å². The van der Waals surface area contributed by atoms with E-state index in [1.54, 1.807) is 0 Å². The van der Waals surface area contributed by atoms with Gasteiger partial charge in [0.05, 0.1) is 50.6 Å². The second-order valence-electron chi connectivity index (χ2n) is 14.3. The molecule has 0 amide bonds. The number of hydrogen-bond acceptors (Lipinski definition) is 2. The molecule has 0 saturated carbocycles. The van der Waals surface area contributed by atoms with Gasteiger partial charge < -0.3 is 9.13 Å². The average Bonchev–Trinajstić information content (AvgIpc) is 3.78. The van der Waals surface area contributed by atoms with Crippen molar-refractivity contribution in [2.24, 2.45) is 0 Å². The zero-order valence-corrected chi connectivity index (χ0v) is 30.7. The van der Waals surface area contributed by atoms with Crippen LogP contribution in [-0.2, 0) is 6.18 Å². The van der Waals surface area contributed by atoms with E-state index in [1.807, 2.05) is 115 Å². The van der Waals surface area contributed by atoms with Gasteiger partial charge in [0.15, 0.2) is 0 Å². The number of fused-ring (bicyclic) bond motifs is 6. The molecule has 0 N–H and O–H groups in total. The van der Waals surface area contributed by atoms with Crippen LogP contribution in [0.2, 0.25) is 0 Å². The molecule has 0 bridgehead atoms. The van der Waals surface area contributed by atoms with Crippen LogP contribution in [0.25, 0.3) is 88.4 Å². The number of hydrogen-bond donors (Lipinski definition) is 0. The SMILES string of the molecule is N#Cc1cc(C(F)(F)F)ccc1-c1cc(-n2c3ccccc3c3ccc(-c4ccccc4)cc32)c(C#N)c(-n2c3ccccc3c3ccc(-c4ccccc4)cc32)c1. The normalized spacial score (nSPS) is 11.7. The van der Waals surface area contributed by atoms with E-state index in [-0.39, 0.29) is 5.56 Å². The van der Waals surface area contributed by atoms with E-state index in [4.69, 9.17) is 0 Å². The minimum absolute atomic E-state index is 0.126. The zero-order valence-electron chi connectivity index (χ0n) is 30.7. The van der Waals surface area contributed by atoms with Gasteiger partial charge in [-0.2, -0.15) is 23.7 Å². The van der Waals surface area contributed by atoms with Crippen molar-refractivity contribution in [3.63, 3.8) is 0 Å². The highest BCUT2D eigenvalue weighted by Gasteiger charge is 2.31. The molecule has 0 spiro atoms. The third-order valence-corrected chi connectivity index (χ3v) is 11.0. The summed E-state index contributed by atoms with van der Waals surface area (Å²) < 4.78 is 46.1. The first kappa shape index (κ1) is 34.6. The Hall–Kier alpha value is -7.87. The predicted molar refractivity (Wildman–Crippen MR) is 226 cm³/mol. The molecular formula is C51H29F3N4. The van der Waals surface area contributed by atoms with Crippen LogP contribution in [0.4, 0.5) is 13.2 Å². The lowest BCUT2D eigenvalue weighted by molar-refractivity contribution is -0.137. The maximum absolute atomic E-state index is 14.0. The number of benzene rings is 8. The van der Waals surface area contributed by atoms with E-state index in [1.165, 1.54) is 6.07 Å². The molecule has 0 aliphatic heterocycles. The number of para-hydroxylation sites is 2. The second kappa shape index (κ2) is 13.4. The first-order valence-electron chi connectivity index (χ1n) is 18.7. The van der Waals surface area contributed by atoms with Crippen LogP contribution < -0.4 is 0 Å². The minimum Gasteiger partial charge on any atom is -0.308 e. The molecule has 8 aromatic carbocycles. The molecule has 0 aliphatic rings. The monoisotopic (exact) mass is 754 g/mol. The number of nitrogens with zero attached hydrogens (tertiary/aromatic N) is 4. The van der Waals surface area contributed by atoms with Crippen molar-refractivity contribution in [1.29, 1.82) is 10.5 Å². The van der Waals surface area contributed by atoms with Gasteiger partial charge in [0, 0.05) is 21.5 Å². The Labute approximate surface area is 331 Å². The van der Waals surface area contributed by atoms with Gasteiger partial charge in [-0.15, -0.1) is 0 Å². The Morgan fingerprint density at radius 2 is 0.862 bits per heavy atom. The highest BCUT2D eigenvalue weighted by molar-refractivity contribution is 6.12. The van der Waals surface area contributed by atoms with Crippen LogP contribution in [0.15, 0.2) is 176 Å². The molecule has 0 aliphatic carbocycles. The summed E-state index contributed by atoms with van der Waals surface area (Å²) in [5, 5.41) is 25.6. The van der Waals surface area contributed by atoms with Crippen LogP contribution in [0.5, 0.6) is 0 Å². The molecule has 10 rings (SSSR count). The highest BCUT2D eigenvalue weighted by Crippen LogP contribution is 2.43. The van der Waals surface area contributed by atoms with Crippen LogP contribution in [-0.4, -0.2) is 9.13 Å². The zero-order chi connectivity index (χ0) is 39.5. The van der Waals surface area contributed by atoms with E-state index in [9.17, 15) is 23.7 Å². The van der Waals surface area contributed by atoms with Gasteiger partial charge in [-0.05, 0) is 81.9 Å². The van der Waals surface area contributed by atoms with Gasteiger partial charge in [-0.3, -0.25) is 0 Å². The Kier molecular flexibility index (Phi) is 8.00. The van der Waals surface area contributed by atoms with Crippen molar-refractivity contribution >= 4 is 43.6 Å². The van der Waals surface area contributed by atoms with Crippen molar-refractivity contribution in [1.82, 2.24) is 9.13 Å². The van der Waals surface area contributed by atoms with Gasteiger partial charge >= 0.3 is 6.18 Å². The third kappa shape index (κ3) is 5.52. The number of halogens is 3. The first-order chi connectivity index (χ1) is 28.3. The molecule has 274 valence electrons. The summed E-state index contributed by atoms with van der Waals surface area (Å²) in [5.41, 5.74) is 8.61. The van der Waals surface area contributed by atoms with E-state index in [0.29, 0.717) is 28.1 Å². The topological polar surface area (TPSA) is 57.4 Å². The summed E-state index contributed by atoms with van der Waals surface area (Å²) in [4.78, 5) is 0. The maximum atomic E-state index is 14.0. The van der Waals surface area contributed by atoms with Crippen LogP contribution in [0.3, 0.4) is 0 Å². The number of nitriles is 2. The van der Waals surface area contributed by atoms with Crippen molar-refractivity contribution in [3.8, 4) is 56.9 Å². The molecule has 10 aromatic rings. The maximum Gasteiger partial charge on any atom is 0.416 e. The van der Waals surface area contributed by atoms with Gasteiger partial charge in [-0.1, -0.05) is 127 Å². The second-order valence-corrected chi connectivity index (χ2v) is 14.3. The van der Waals surface area contributed by atoms with E-state index >= 15 is 0 Å². The predicted octanol–water partition coefficient (Wildman–Crippen LogP) is 13.6. The average molecular weight is 755 g/mol. The molecule has 2 heterocycles. The number of alkyl halides is 3. The van der Waals surface area contributed by atoms with E-state index in [0.717, 1.165) is 78.0 Å². The fourth-order valence-corrected chi connectivity index (χ4v) is 8.38. The van der Waals surface area contributed by atoms with Crippen LogP contribution in [0, 0.1) is 22.7 Å². The lowest BCUT2D eigenvalue weighted by Gasteiger charge is -2.19. The first-order valence-corrected chi connectivity index (χ1v) is 18.7. The summed E-state index contributed by atoms with van der Waals surface area (Å²) in [6.07, 6.45) is -4.63. The smallest absolute Gasteiger partial charge is 0.308 e. The third-order valence-electron chi connectivity index (χ3n) is 11.0. The molecule has 7 heteroatoms. The molecule has 0 radical (unpaired) electrons. The largest absolute Gasteiger partial charge is 0.416 e. The Morgan fingerprint density at radius 1 is 0.397 bits per heavy atom.